The fourth-order valence-electron chi connectivity index (χ4n) is 1.62. The van der Waals surface area contributed by atoms with E-state index in [0.717, 1.165) is 22.8 Å². The van der Waals surface area contributed by atoms with E-state index in [2.05, 4.69) is 13.8 Å². The molecule has 0 aromatic heterocycles. The quantitative estimate of drug-likeness (QED) is 0.811. The summed E-state index contributed by atoms with van der Waals surface area (Å²) in [5.74, 6) is 3.43. The fraction of sp³-hybridized carbons (Fsp3) is 0.571. The number of aliphatic hydroxyl groups excluding tert-OH is 1. The minimum Gasteiger partial charge on any atom is -0.496 e. The van der Waals surface area contributed by atoms with Crippen molar-refractivity contribution in [3.05, 3.63) is 29.8 Å². The van der Waals surface area contributed by atoms with E-state index >= 15 is 0 Å². The Hall–Kier alpha value is -0.670. The zero-order chi connectivity index (χ0) is 12.7. The van der Waals surface area contributed by atoms with Gasteiger partial charge < -0.3 is 9.84 Å². The van der Waals surface area contributed by atoms with Crippen molar-refractivity contribution in [2.24, 2.45) is 5.92 Å². The second kappa shape index (κ2) is 7.62. The average molecular weight is 254 g/mol. The van der Waals surface area contributed by atoms with Crippen LogP contribution in [0.15, 0.2) is 24.3 Å². The molecule has 0 aliphatic carbocycles. The number of methoxy groups -OCH3 is 1. The summed E-state index contributed by atoms with van der Waals surface area (Å²) in [4.78, 5) is 0. The number of para-hydroxylation sites is 1. The molecule has 0 aliphatic heterocycles. The molecule has 2 nitrogen and oxygen atoms in total. The smallest absolute Gasteiger partial charge is 0.122 e. The van der Waals surface area contributed by atoms with Crippen LogP contribution in [0.4, 0.5) is 0 Å². The van der Waals surface area contributed by atoms with Gasteiger partial charge in [0.05, 0.1) is 13.2 Å². The van der Waals surface area contributed by atoms with E-state index in [1.165, 1.54) is 0 Å². The number of aliphatic hydroxyl groups is 1. The van der Waals surface area contributed by atoms with Crippen molar-refractivity contribution in [2.45, 2.75) is 26.4 Å². The van der Waals surface area contributed by atoms with Crippen LogP contribution in [-0.2, 0) is 6.42 Å². The summed E-state index contributed by atoms with van der Waals surface area (Å²) in [5, 5.41) is 9.96. The highest BCUT2D eigenvalue weighted by Crippen LogP contribution is 2.20. The number of rotatable bonds is 7. The lowest BCUT2D eigenvalue weighted by atomic mass is 10.1. The van der Waals surface area contributed by atoms with Gasteiger partial charge in [0.1, 0.15) is 5.75 Å². The third-order valence-corrected chi connectivity index (χ3v) is 3.93. The van der Waals surface area contributed by atoms with Gasteiger partial charge in [-0.1, -0.05) is 32.0 Å². The summed E-state index contributed by atoms with van der Waals surface area (Å²) < 4.78 is 5.27. The highest BCUT2D eigenvalue weighted by molar-refractivity contribution is 7.99. The molecule has 0 fully saturated rings. The van der Waals surface area contributed by atoms with Crippen LogP contribution < -0.4 is 4.74 Å². The van der Waals surface area contributed by atoms with Gasteiger partial charge in [-0.05, 0) is 23.3 Å². The minimum atomic E-state index is -0.296. The monoisotopic (exact) mass is 254 g/mol. The molecule has 0 saturated carbocycles. The Morgan fingerprint density at radius 1 is 1.24 bits per heavy atom. The molecule has 1 atom stereocenters. The molecule has 1 unspecified atom stereocenters. The van der Waals surface area contributed by atoms with Crippen molar-refractivity contribution in [2.75, 3.05) is 18.6 Å². The topological polar surface area (TPSA) is 29.5 Å². The standard InChI is InChI=1S/C14H22O2S/c1-11(2)9-17-10-13(15)8-12-6-4-5-7-14(12)16-3/h4-7,11,13,15H,8-10H2,1-3H3. The molecule has 96 valence electrons. The van der Waals surface area contributed by atoms with Crippen LogP contribution in [0.2, 0.25) is 0 Å². The molecule has 3 heteroatoms. The lowest BCUT2D eigenvalue weighted by Crippen LogP contribution is -2.15. The van der Waals surface area contributed by atoms with Crippen molar-refractivity contribution < 1.29 is 9.84 Å². The summed E-state index contributed by atoms with van der Waals surface area (Å²) in [6, 6.07) is 7.87. The second-order valence-corrected chi connectivity index (χ2v) is 5.68. The van der Waals surface area contributed by atoms with Crippen LogP contribution in [0.25, 0.3) is 0 Å². The highest BCUT2D eigenvalue weighted by Gasteiger charge is 2.09. The third kappa shape index (κ3) is 5.46. The fourth-order valence-corrected chi connectivity index (χ4v) is 2.62. The summed E-state index contributed by atoms with van der Waals surface area (Å²) in [6.45, 7) is 4.39. The number of hydrogen-bond donors (Lipinski definition) is 1. The first-order chi connectivity index (χ1) is 8.13. The van der Waals surface area contributed by atoms with Crippen LogP contribution in [0.1, 0.15) is 19.4 Å². The molecule has 0 aliphatic rings. The Balaban J connectivity index is 2.41. The molecular weight excluding hydrogens is 232 g/mol. The van der Waals surface area contributed by atoms with Gasteiger partial charge in [0, 0.05) is 12.2 Å². The van der Waals surface area contributed by atoms with Gasteiger partial charge in [0.25, 0.3) is 0 Å². The lowest BCUT2D eigenvalue weighted by Gasteiger charge is -2.13. The number of thioether (sulfide) groups is 1. The summed E-state index contributed by atoms with van der Waals surface area (Å²) in [5.41, 5.74) is 1.08. The summed E-state index contributed by atoms with van der Waals surface area (Å²) in [7, 11) is 1.67. The third-order valence-electron chi connectivity index (χ3n) is 2.41. The molecule has 0 saturated heterocycles. The lowest BCUT2D eigenvalue weighted by molar-refractivity contribution is 0.198. The predicted octanol–water partition coefficient (Wildman–Crippen LogP) is 2.99. The van der Waals surface area contributed by atoms with Gasteiger partial charge in [0.15, 0.2) is 0 Å². The Labute approximate surface area is 108 Å². The molecule has 1 aromatic carbocycles. The molecule has 17 heavy (non-hydrogen) atoms. The van der Waals surface area contributed by atoms with Gasteiger partial charge >= 0.3 is 0 Å². The van der Waals surface area contributed by atoms with E-state index in [1.54, 1.807) is 7.11 Å². The summed E-state index contributed by atoms with van der Waals surface area (Å²) >= 11 is 1.81. The maximum Gasteiger partial charge on any atom is 0.122 e. The van der Waals surface area contributed by atoms with E-state index in [9.17, 15) is 5.11 Å². The van der Waals surface area contributed by atoms with Gasteiger partial charge in [0.2, 0.25) is 0 Å². The summed E-state index contributed by atoms with van der Waals surface area (Å²) in [6.07, 6.45) is 0.366. The van der Waals surface area contributed by atoms with E-state index in [1.807, 2.05) is 36.0 Å². The SMILES string of the molecule is COc1ccccc1CC(O)CSCC(C)C. The van der Waals surface area contributed by atoms with Gasteiger partial charge in [-0.3, -0.25) is 0 Å². The molecule has 1 aromatic rings. The van der Waals surface area contributed by atoms with Crippen molar-refractivity contribution in [3.63, 3.8) is 0 Å². The minimum absolute atomic E-state index is 0.296. The van der Waals surface area contributed by atoms with Gasteiger partial charge in [-0.2, -0.15) is 11.8 Å². The molecule has 0 spiro atoms. The number of hydrogen-bond acceptors (Lipinski definition) is 3. The molecule has 0 bridgehead atoms. The van der Waals surface area contributed by atoms with Gasteiger partial charge in [-0.25, -0.2) is 0 Å². The van der Waals surface area contributed by atoms with Crippen LogP contribution in [-0.4, -0.2) is 29.8 Å². The van der Waals surface area contributed by atoms with Crippen molar-refractivity contribution in [1.82, 2.24) is 0 Å². The Bertz CT molecular complexity index is 326. The van der Waals surface area contributed by atoms with Crippen LogP contribution in [0.5, 0.6) is 5.75 Å². The molecule has 0 radical (unpaired) electrons. The number of benzene rings is 1. The Morgan fingerprint density at radius 3 is 2.59 bits per heavy atom. The average Bonchev–Trinajstić information content (AvgIpc) is 2.29. The Morgan fingerprint density at radius 2 is 1.94 bits per heavy atom. The van der Waals surface area contributed by atoms with Crippen LogP contribution >= 0.6 is 11.8 Å². The van der Waals surface area contributed by atoms with Crippen molar-refractivity contribution in [1.29, 1.82) is 0 Å². The van der Waals surface area contributed by atoms with Gasteiger partial charge in [-0.15, -0.1) is 0 Å². The first kappa shape index (κ1) is 14.4. The van der Waals surface area contributed by atoms with Crippen molar-refractivity contribution in [3.8, 4) is 5.75 Å². The molecule has 0 heterocycles. The molecule has 0 amide bonds. The van der Waals surface area contributed by atoms with E-state index < -0.39 is 0 Å². The predicted molar refractivity (Wildman–Crippen MR) is 74.9 cm³/mol. The van der Waals surface area contributed by atoms with Crippen LogP contribution in [0.3, 0.4) is 0 Å². The maximum absolute atomic E-state index is 9.96. The number of ether oxygens (including phenoxy) is 1. The molecular formula is C14H22O2S. The highest BCUT2D eigenvalue weighted by atomic mass is 32.2. The molecule has 1 N–H and O–H groups in total. The Kier molecular flexibility index (Phi) is 6.45. The van der Waals surface area contributed by atoms with Crippen LogP contribution in [0, 0.1) is 5.92 Å². The largest absolute Gasteiger partial charge is 0.496 e. The first-order valence-electron chi connectivity index (χ1n) is 6.01. The molecule has 1 rings (SSSR count). The van der Waals surface area contributed by atoms with Crippen molar-refractivity contribution >= 4 is 11.8 Å². The van der Waals surface area contributed by atoms with E-state index in [-0.39, 0.29) is 6.10 Å². The normalized spacial score (nSPS) is 12.8. The van der Waals surface area contributed by atoms with E-state index in [4.69, 9.17) is 4.74 Å². The zero-order valence-corrected chi connectivity index (χ0v) is 11.7. The first-order valence-corrected chi connectivity index (χ1v) is 7.16. The second-order valence-electron chi connectivity index (χ2n) is 4.60. The zero-order valence-electron chi connectivity index (χ0n) is 10.8. The van der Waals surface area contributed by atoms with E-state index in [0.29, 0.717) is 12.3 Å². The maximum atomic E-state index is 9.96.